The number of rotatable bonds is 2. The third-order valence-electron chi connectivity index (χ3n) is 3.56. The fourth-order valence-electron chi connectivity index (χ4n) is 2.52. The lowest BCUT2D eigenvalue weighted by atomic mass is 9.82. The molecule has 1 heterocycles. The summed E-state index contributed by atoms with van der Waals surface area (Å²) in [5, 5.41) is 5.10. The first-order chi connectivity index (χ1) is 9.63. The van der Waals surface area contributed by atoms with Gasteiger partial charge < -0.3 is 5.32 Å². The van der Waals surface area contributed by atoms with Crippen LogP contribution in [0.1, 0.15) is 16.7 Å². The summed E-state index contributed by atoms with van der Waals surface area (Å²) in [5.41, 5.74) is 1.44. The van der Waals surface area contributed by atoms with Gasteiger partial charge in [0.2, 0.25) is 0 Å². The van der Waals surface area contributed by atoms with Gasteiger partial charge in [0, 0.05) is 0 Å². The minimum Gasteiger partial charge on any atom is -0.316 e. The van der Waals surface area contributed by atoms with Gasteiger partial charge in [0.15, 0.2) is 5.54 Å². The lowest BCUT2D eigenvalue weighted by Gasteiger charge is -2.27. The third-order valence-corrected chi connectivity index (χ3v) is 3.56. The van der Waals surface area contributed by atoms with Crippen LogP contribution in [0.15, 0.2) is 54.6 Å². The van der Waals surface area contributed by atoms with E-state index in [4.69, 9.17) is 0 Å². The van der Waals surface area contributed by atoms with Crippen molar-refractivity contribution in [2.75, 3.05) is 0 Å². The van der Waals surface area contributed by atoms with Crippen molar-refractivity contribution in [3.63, 3.8) is 0 Å². The van der Waals surface area contributed by atoms with Crippen molar-refractivity contribution >= 4 is 11.9 Å². The SMILES string of the molecule is Cc1ccc([C@@]2(c3ccccc3)NC(=O)NC2=O)cc1. The molecule has 0 spiro atoms. The molecule has 1 saturated heterocycles. The van der Waals surface area contributed by atoms with Gasteiger partial charge >= 0.3 is 6.03 Å². The zero-order valence-corrected chi connectivity index (χ0v) is 11.0. The molecule has 2 aromatic carbocycles. The largest absolute Gasteiger partial charge is 0.322 e. The fraction of sp³-hybridized carbons (Fsp3) is 0.125. The molecule has 2 aromatic rings. The van der Waals surface area contributed by atoms with E-state index in [1.807, 2.05) is 61.5 Å². The second-order valence-corrected chi connectivity index (χ2v) is 4.89. The van der Waals surface area contributed by atoms with Gasteiger partial charge in [-0.15, -0.1) is 0 Å². The van der Waals surface area contributed by atoms with E-state index < -0.39 is 11.6 Å². The van der Waals surface area contributed by atoms with E-state index in [1.165, 1.54) is 0 Å². The number of carbonyl (C=O) groups is 2. The predicted octanol–water partition coefficient (Wildman–Crippen LogP) is 2.08. The highest BCUT2D eigenvalue weighted by atomic mass is 16.2. The van der Waals surface area contributed by atoms with Crippen molar-refractivity contribution in [3.05, 3.63) is 71.3 Å². The maximum Gasteiger partial charge on any atom is 0.322 e. The quantitative estimate of drug-likeness (QED) is 0.818. The molecule has 1 aliphatic heterocycles. The van der Waals surface area contributed by atoms with E-state index in [0.29, 0.717) is 0 Å². The number of amides is 3. The van der Waals surface area contributed by atoms with Crippen LogP contribution in [0.25, 0.3) is 0 Å². The van der Waals surface area contributed by atoms with Gasteiger partial charge in [-0.05, 0) is 18.1 Å². The first kappa shape index (κ1) is 12.4. The monoisotopic (exact) mass is 266 g/mol. The maximum absolute atomic E-state index is 12.4. The summed E-state index contributed by atoms with van der Waals surface area (Å²) >= 11 is 0. The number of benzene rings is 2. The van der Waals surface area contributed by atoms with Crippen molar-refractivity contribution in [1.82, 2.24) is 10.6 Å². The minimum absolute atomic E-state index is 0.349. The fourth-order valence-corrected chi connectivity index (χ4v) is 2.52. The summed E-state index contributed by atoms with van der Waals surface area (Å²) in [5.74, 6) is -0.349. The molecule has 1 atom stereocenters. The smallest absolute Gasteiger partial charge is 0.316 e. The first-order valence-electron chi connectivity index (χ1n) is 6.39. The summed E-state index contributed by atoms with van der Waals surface area (Å²) in [6.07, 6.45) is 0. The summed E-state index contributed by atoms with van der Waals surface area (Å²) < 4.78 is 0. The van der Waals surface area contributed by atoms with Crippen LogP contribution in [0.4, 0.5) is 4.79 Å². The number of carbonyl (C=O) groups excluding carboxylic acids is 2. The Morgan fingerprint density at radius 3 is 2.00 bits per heavy atom. The normalized spacial score (nSPS) is 21.4. The molecule has 4 nitrogen and oxygen atoms in total. The number of nitrogens with one attached hydrogen (secondary N) is 2. The van der Waals surface area contributed by atoms with Crippen LogP contribution in [-0.2, 0) is 10.3 Å². The lowest BCUT2D eigenvalue weighted by molar-refractivity contribution is -0.122. The molecule has 1 aliphatic rings. The second kappa shape index (κ2) is 4.49. The molecule has 1 fully saturated rings. The Labute approximate surface area is 116 Å². The van der Waals surface area contributed by atoms with Crippen LogP contribution in [0.3, 0.4) is 0 Å². The zero-order chi connectivity index (χ0) is 14.2. The Bertz CT molecular complexity index is 665. The van der Waals surface area contributed by atoms with Crippen molar-refractivity contribution in [2.24, 2.45) is 0 Å². The molecule has 0 aliphatic carbocycles. The van der Waals surface area contributed by atoms with Crippen LogP contribution in [0.2, 0.25) is 0 Å². The van der Waals surface area contributed by atoms with Crippen molar-refractivity contribution in [1.29, 1.82) is 0 Å². The van der Waals surface area contributed by atoms with Crippen LogP contribution in [0, 0.1) is 6.92 Å². The van der Waals surface area contributed by atoms with E-state index in [2.05, 4.69) is 10.6 Å². The summed E-state index contributed by atoms with van der Waals surface area (Å²) in [7, 11) is 0. The number of imide groups is 1. The highest BCUT2D eigenvalue weighted by molar-refractivity contribution is 6.09. The molecule has 3 rings (SSSR count). The molecular formula is C16H14N2O2. The topological polar surface area (TPSA) is 58.2 Å². The highest BCUT2D eigenvalue weighted by Crippen LogP contribution is 2.32. The predicted molar refractivity (Wildman–Crippen MR) is 75.1 cm³/mol. The number of aryl methyl sites for hydroxylation is 1. The van der Waals surface area contributed by atoms with Gasteiger partial charge in [0.25, 0.3) is 5.91 Å². The first-order valence-corrected chi connectivity index (χ1v) is 6.39. The summed E-state index contributed by atoms with van der Waals surface area (Å²) in [6.45, 7) is 1.98. The Morgan fingerprint density at radius 2 is 1.45 bits per heavy atom. The van der Waals surface area contributed by atoms with Gasteiger partial charge in [-0.2, -0.15) is 0 Å². The van der Waals surface area contributed by atoms with E-state index in [1.54, 1.807) is 0 Å². The molecule has 0 saturated carbocycles. The van der Waals surface area contributed by atoms with Crippen LogP contribution >= 0.6 is 0 Å². The average molecular weight is 266 g/mol. The van der Waals surface area contributed by atoms with Gasteiger partial charge in [0.05, 0.1) is 0 Å². The van der Waals surface area contributed by atoms with Crippen molar-refractivity contribution < 1.29 is 9.59 Å². The number of urea groups is 1. The van der Waals surface area contributed by atoms with E-state index in [-0.39, 0.29) is 5.91 Å². The average Bonchev–Trinajstić information content (AvgIpc) is 2.76. The number of hydrogen-bond donors (Lipinski definition) is 2. The van der Waals surface area contributed by atoms with Crippen LogP contribution < -0.4 is 10.6 Å². The molecule has 0 bridgehead atoms. The van der Waals surface area contributed by atoms with Crippen LogP contribution in [-0.4, -0.2) is 11.9 Å². The van der Waals surface area contributed by atoms with Gasteiger partial charge in [-0.3, -0.25) is 10.1 Å². The molecular weight excluding hydrogens is 252 g/mol. The van der Waals surface area contributed by atoms with E-state index in [9.17, 15) is 9.59 Å². The van der Waals surface area contributed by atoms with E-state index >= 15 is 0 Å². The van der Waals surface area contributed by atoms with Gasteiger partial charge in [-0.25, -0.2) is 4.79 Å². The van der Waals surface area contributed by atoms with Crippen molar-refractivity contribution in [3.8, 4) is 0 Å². The Hall–Kier alpha value is -2.62. The number of hydrogen-bond acceptors (Lipinski definition) is 2. The Morgan fingerprint density at radius 1 is 0.850 bits per heavy atom. The van der Waals surface area contributed by atoms with Crippen molar-refractivity contribution in [2.45, 2.75) is 12.5 Å². The standard InChI is InChI=1S/C16H14N2O2/c1-11-7-9-13(10-8-11)16(12-5-3-2-4-6-12)14(19)17-15(20)18-16/h2-10H,1H3,(H2,17,18,19,20)/t16-/m1/s1. The Balaban J connectivity index is 2.21. The molecule has 2 N–H and O–H groups in total. The zero-order valence-electron chi connectivity index (χ0n) is 11.0. The van der Waals surface area contributed by atoms with E-state index in [0.717, 1.165) is 16.7 Å². The lowest BCUT2D eigenvalue weighted by Crippen LogP contribution is -2.44. The molecule has 100 valence electrons. The summed E-state index contributed by atoms with van der Waals surface area (Å²) in [4.78, 5) is 24.0. The van der Waals surface area contributed by atoms with Gasteiger partial charge in [-0.1, -0.05) is 60.2 Å². The summed E-state index contributed by atoms with van der Waals surface area (Å²) in [6, 6.07) is 16.4. The highest BCUT2D eigenvalue weighted by Gasteiger charge is 2.48. The molecule has 0 radical (unpaired) electrons. The molecule has 0 aromatic heterocycles. The molecule has 3 amide bonds. The molecule has 0 unspecified atom stereocenters. The molecule has 4 heteroatoms. The van der Waals surface area contributed by atoms with Crippen LogP contribution in [0.5, 0.6) is 0 Å². The minimum atomic E-state index is -1.15. The second-order valence-electron chi connectivity index (χ2n) is 4.89. The Kier molecular flexibility index (Phi) is 2.79. The van der Waals surface area contributed by atoms with Gasteiger partial charge in [0.1, 0.15) is 0 Å². The third kappa shape index (κ3) is 1.77. The molecule has 20 heavy (non-hydrogen) atoms. The maximum atomic E-state index is 12.4.